The molecule has 4 aromatic rings. The first-order valence-electron chi connectivity index (χ1n) is 10.4. The molecule has 2 aromatic carbocycles. The number of nitrogens with one attached hydrogen (secondary N) is 2. The number of nitrogens with zero attached hydrogens (tertiary/aromatic N) is 4. The zero-order chi connectivity index (χ0) is 26.9. The molecule has 0 bridgehead atoms. The molecule has 0 unspecified atom stereocenters. The Kier molecular flexibility index (Phi) is 6.74. The van der Waals surface area contributed by atoms with Gasteiger partial charge in [0, 0.05) is 37.0 Å². The summed E-state index contributed by atoms with van der Waals surface area (Å²) in [5.41, 5.74) is -1.84. The summed E-state index contributed by atoms with van der Waals surface area (Å²) in [7, 11) is 1.20. The Balaban J connectivity index is 1.68. The Hall–Kier alpha value is -4.62. The van der Waals surface area contributed by atoms with Crippen molar-refractivity contribution in [3.8, 4) is 17.0 Å². The number of alkyl halides is 3. The van der Waals surface area contributed by atoms with Crippen LogP contribution in [0.2, 0.25) is 0 Å². The number of aromatic hydroxyl groups is 1. The summed E-state index contributed by atoms with van der Waals surface area (Å²) in [6, 6.07) is 7.42. The molecule has 0 aliphatic rings. The highest BCUT2D eigenvalue weighted by molar-refractivity contribution is 6.08. The summed E-state index contributed by atoms with van der Waals surface area (Å²) < 4.78 is 82.1. The van der Waals surface area contributed by atoms with Gasteiger partial charge in [0.2, 0.25) is 0 Å². The lowest BCUT2D eigenvalue weighted by Gasteiger charge is -2.10. The van der Waals surface area contributed by atoms with Gasteiger partial charge in [-0.15, -0.1) is 0 Å². The Bertz CT molecular complexity index is 1510. The van der Waals surface area contributed by atoms with Gasteiger partial charge in [-0.05, 0) is 36.4 Å². The number of hydrogen-bond acceptors (Lipinski definition) is 5. The summed E-state index contributed by atoms with van der Waals surface area (Å²) in [5.74, 6) is -4.94. The van der Waals surface area contributed by atoms with E-state index in [4.69, 9.17) is 0 Å². The summed E-state index contributed by atoms with van der Waals surface area (Å²) in [4.78, 5) is 16.7. The molecule has 192 valence electrons. The van der Waals surface area contributed by atoms with Gasteiger partial charge in [0.1, 0.15) is 17.3 Å². The van der Waals surface area contributed by atoms with E-state index in [9.17, 15) is 36.2 Å². The molecular weight excluding hydrogens is 506 g/mol. The van der Waals surface area contributed by atoms with E-state index in [1.54, 1.807) is 0 Å². The molecule has 0 fully saturated rings. The zero-order valence-electron chi connectivity index (χ0n) is 18.7. The topological polar surface area (TPSA) is 108 Å². The van der Waals surface area contributed by atoms with Crippen molar-refractivity contribution in [2.75, 3.05) is 0 Å². The quantitative estimate of drug-likeness (QED) is 0.201. The zero-order valence-corrected chi connectivity index (χ0v) is 18.7. The first-order chi connectivity index (χ1) is 17.4. The molecule has 0 aliphatic carbocycles. The van der Waals surface area contributed by atoms with E-state index in [-0.39, 0.29) is 34.9 Å². The van der Waals surface area contributed by atoms with Gasteiger partial charge in [0.15, 0.2) is 23.1 Å². The maximum Gasteiger partial charge on any atom is 0.435 e. The van der Waals surface area contributed by atoms with Gasteiger partial charge in [-0.2, -0.15) is 23.4 Å². The normalized spacial score (nSPS) is 12.1. The average Bonchev–Trinajstić information content (AvgIpc) is 3.44. The van der Waals surface area contributed by atoms with E-state index in [2.05, 4.69) is 25.6 Å². The van der Waals surface area contributed by atoms with Gasteiger partial charge in [0.25, 0.3) is 5.91 Å². The van der Waals surface area contributed by atoms with Crippen LogP contribution in [0, 0.1) is 17.5 Å². The van der Waals surface area contributed by atoms with Crippen molar-refractivity contribution in [1.29, 1.82) is 0 Å². The van der Waals surface area contributed by atoms with Crippen molar-refractivity contribution in [1.82, 2.24) is 25.3 Å². The third-order valence-electron chi connectivity index (χ3n) is 5.00. The minimum Gasteiger partial charge on any atom is -0.505 e. The number of carbonyl (C=O) groups is 1. The molecule has 0 radical (unpaired) electrons. The number of phenolic OH excluding ortho intramolecular Hbond substituents is 1. The monoisotopic (exact) mass is 522 g/mol. The van der Waals surface area contributed by atoms with Crippen molar-refractivity contribution in [3.63, 3.8) is 0 Å². The van der Waals surface area contributed by atoms with Gasteiger partial charge in [-0.1, -0.05) is 0 Å². The van der Waals surface area contributed by atoms with Crippen LogP contribution in [0.5, 0.6) is 5.75 Å². The van der Waals surface area contributed by atoms with Gasteiger partial charge < -0.3 is 10.4 Å². The average molecular weight is 522 g/mol. The molecule has 2 heterocycles. The van der Waals surface area contributed by atoms with Crippen molar-refractivity contribution < 1.29 is 36.2 Å². The number of H-pyrrole nitrogens is 1. The Morgan fingerprint density at radius 3 is 2.54 bits per heavy atom. The van der Waals surface area contributed by atoms with Crippen LogP contribution < -0.4 is 5.32 Å². The van der Waals surface area contributed by atoms with Crippen LogP contribution in [0.4, 0.5) is 32.0 Å². The highest BCUT2D eigenvalue weighted by atomic mass is 19.4. The van der Waals surface area contributed by atoms with Crippen LogP contribution in [-0.4, -0.2) is 36.8 Å². The fraction of sp³-hybridized carbons (Fsp3) is 0.130. The molecule has 4 rings (SSSR count). The maximum atomic E-state index is 14.2. The molecule has 3 N–H and O–H groups in total. The van der Waals surface area contributed by atoms with E-state index in [0.717, 1.165) is 35.1 Å². The number of aromatic amines is 1. The molecule has 2 aromatic heterocycles. The first kappa shape index (κ1) is 25.5. The molecule has 0 spiro atoms. The predicted molar refractivity (Wildman–Crippen MR) is 118 cm³/mol. The number of aryl methyl sites for hydroxylation is 1. The fourth-order valence-electron chi connectivity index (χ4n) is 3.34. The molecule has 0 aliphatic heterocycles. The number of amidine groups is 1. The van der Waals surface area contributed by atoms with Crippen molar-refractivity contribution in [3.05, 3.63) is 83.1 Å². The molecular formula is C23H16F6N6O2. The van der Waals surface area contributed by atoms with E-state index >= 15 is 0 Å². The summed E-state index contributed by atoms with van der Waals surface area (Å²) in [6.07, 6.45) is -4.36. The largest absolute Gasteiger partial charge is 0.505 e. The van der Waals surface area contributed by atoms with Gasteiger partial charge in [0.05, 0.1) is 11.3 Å². The number of hydrogen-bond donors (Lipinski definition) is 3. The number of rotatable bonds is 5. The van der Waals surface area contributed by atoms with Crippen LogP contribution in [0.25, 0.3) is 11.3 Å². The Labute approximate surface area is 204 Å². The van der Waals surface area contributed by atoms with Crippen molar-refractivity contribution in [2.24, 2.45) is 12.0 Å². The van der Waals surface area contributed by atoms with Crippen molar-refractivity contribution in [2.45, 2.75) is 12.6 Å². The molecule has 0 saturated heterocycles. The van der Waals surface area contributed by atoms with E-state index in [1.807, 2.05) is 0 Å². The molecule has 0 saturated carbocycles. The Morgan fingerprint density at radius 1 is 1.11 bits per heavy atom. The van der Waals surface area contributed by atoms with Crippen molar-refractivity contribution >= 4 is 17.4 Å². The number of aromatic nitrogens is 4. The lowest BCUT2D eigenvalue weighted by atomic mass is 10.1. The Morgan fingerprint density at radius 2 is 1.86 bits per heavy atom. The molecule has 8 nitrogen and oxygen atoms in total. The van der Waals surface area contributed by atoms with Crippen LogP contribution >= 0.6 is 0 Å². The minimum absolute atomic E-state index is 0.235. The van der Waals surface area contributed by atoms with Crippen LogP contribution in [-0.2, 0) is 19.6 Å². The van der Waals surface area contributed by atoms with Gasteiger partial charge in [-0.3, -0.25) is 14.6 Å². The number of halogens is 6. The van der Waals surface area contributed by atoms with E-state index in [0.29, 0.717) is 6.07 Å². The standard InChI is InChI=1S/C23H16F6N6O2/c1-35-10-14(21(34-35)23(27,28)29)22(37)31-20(30-17-4-3-12(24)7-15(17)25)9-13-8-18(33-32-13)11-2-5-19(36)16(26)6-11/h2-8,10,36H,9H2,1H3,(H,32,33)(H,30,31,37). The fourth-order valence-corrected chi connectivity index (χ4v) is 3.34. The number of carbonyl (C=O) groups excluding carboxylic acids is 1. The second-order valence-corrected chi connectivity index (χ2v) is 7.79. The molecule has 1 amide bonds. The molecule has 14 heteroatoms. The predicted octanol–water partition coefficient (Wildman–Crippen LogP) is 4.65. The van der Waals surface area contributed by atoms with Gasteiger partial charge in [-0.25, -0.2) is 18.2 Å². The lowest BCUT2D eigenvalue weighted by molar-refractivity contribution is -0.141. The summed E-state index contributed by atoms with van der Waals surface area (Å²) in [5, 5.41) is 21.5. The highest BCUT2D eigenvalue weighted by Gasteiger charge is 2.39. The lowest BCUT2D eigenvalue weighted by Crippen LogP contribution is -2.33. The molecule has 0 atom stereocenters. The smallest absolute Gasteiger partial charge is 0.435 e. The number of aliphatic imine (C=N–C) groups is 1. The SMILES string of the molecule is Cn1cc(C(=O)NC(Cc2cc(-c3ccc(O)c(F)c3)n[nH]2)=Nc2ccc(F)cc2F)c(C(F)(F)F)n1. The third kappa shape index (κ3) is 5.79. The van der Waals surface area contributed by atoms with Crippen LogP contribution in [0.1, 0.15) is 21.7 Å². The van der Waals surface area contributed by atoms with Gasteiger partial charge >= 0.3 is 6.18 Å². The van der Waals surface area contributed by atoms with E-state index in [1.165, 1.54) is 19.2 Å². The highest BCUT2D eigenvalue weighted by Crippen LogP contribution is 2.30. The number of amides is 1. The van der Waals surface area contributed by atoms with E-state index < -0.39 is 46.5 Å². The maximum absolute atomic E-state index is 14.2. The molecule has 37 heavy (non-hydrogen) atoms. The number of phenols is 1. The minimum atomic E-state index is -4.92. The second-order valence-electron chi connectivity index (χ2n) is 7.79. The first-order valence-corrected chi connectivity index (χ1v) is 10.4. The van der Waals surface area contributed by atoms with Crippen LogP contribution in [0.15, 0.2) is 53.7 Å². The van der Waals surface area contributed by atoms with Crippen LogP contribution in [0.3, 0.4) is 0 Å². The number of benzene rings is 2. The summed E-state index contributed by atoms with van der Waals surface area (Å²) in [6.45, 7) is 0. The second kappa shape index (κ2) is 9.79. The summed E-state index contributed by atoms with van der Waals surface area (Å²) >= 11 is 0. The third-order valence-corrected chi connectivity index (χ3v) is 5.00.